The summed E-state index contributed by atoms with van der Waals surface area (Å²) >= 11 is 6.11. The van der Waals surface area contributed by atoms with Crippen molar-refractivity contribution < 1.29 is 4.74 Å². The molecule has 2 aromatic rings. The van der Waals surface area contributed by atoms with E-state index in [-0.39, 0.29) is 0 Å². The van der Waals surface area contributed by atoms with Crippen LogP contribution >= 0.6 is 11.6 Å². The highest BCUT2D eigenvalue weighted by atomic mass is 35.5. The first-order valence-corrected chi connectivity index (χ1v) is 6.61. The predicted molar refractivity (Wildman–Crippen MR) is 75.6 cm³/mol. The molecule has 0 aliphatic carbocycles. The zero-order chi connectivity index (χ0) is 13.5. The Bertz CT molecular complexity index is 519. The molecule has 0 aliphatic rings. The standard InChI is InChI=1S/C14H16ClN3O/c1-2-7-16-10-13-12(15)5-6-14(18-13)19-11-4-3-8-17-9-11/h3-6,8-9,16H,2,7,10H2,1H3. The van der Waals surface area contributed by atoms with E-state index in [1.54, 1.807) is 24.5 Å². The van der Waals surface area contributed by atoms with Crippen LogP contribution in [-0.2, 0) is 6.54 Å². The maximum atomic E-state index is 6.11. The second-order valence-electron chi connectivity index (χ2n) is 4.05. The smallest absolute Gasteiger partial charge is 0.219 e. The lowest BCUT2D eigenvalue weighted by Gasteiger charge is -2.08. The Labute approximate surface area is 117 Å². The fourth-order valence-electron chi connectivity index (χ4n) is 1.56. The molecule has 0 bridgehead atoms. The van der Waals surface area contributed by atoms with Crippen LogP contribution in [0.2, 0.25) is 5.02 Å². The minimum absolute atomic E-state index is 0.519. The molecule has 0 radical (unpaired) electrons. The van der Waals surface area contributed by atoms with Crippen LogP contribution in [-0.4, -0.2) is 16.5 Å². The zero-order valence-electron chi connectivity index (χ0n) is 10.8. The summed E-state index contributed by atoms with van der Waals surface area (Å²) in [7, 11) is 0. The number of hydrogen-bond donors (Lipinski definition) is 1. The highest BCUT2D eigenvalue weighted by molar-refractivity contribution is 6.31. The van der Waals surface area contributed by atoms with Crippen LogP contribution in [0.1, 0.15) is 19.0 Å². The third-order valence-corrected chi connectivity index (χ3v) is 2.81. The van der Waals surface area contributed by atoms with Gasteiger partial charge < -0.3 is 10.1 Å². The largest absolute Gasteiger partial charge is 0.437 e. The second kappa shape index (κ2) is 7.07. The Morgan fingerprint density at radius 2 is 2.21 bits per heavy atom. The molecule has 0 atom stereocenters. The van der Waals surface area contributed by atoms with Crippen LogP contribution in [0.25, 0.3) is 0 Å². The Morgan fingerprint density at radius 3 is 2.95 bits per heavy atom. The topological polar surface area (TPSA) is 47.0 Å². The van der Waals surface area contributed by atoms with Crippen LogP contribution in [0.5, 0.6) is 11.6 Å². The van der Waals surface area contributed by atoms with E-state index < -0.39 is 0 Å². The zero-order valence-corrected chi connectivity index (χ0v) is 11.5. The maximum absolute atomic E-state index is 6.11. The summed E-state index contributed by atoms with van der Waals surface area (Å²) in [6, 6.07) is 7.19. The van der Waals surface area contributed by atoms with Gasteiger partial charge >= 0.3 is 0 Å². The van der Waals surface area contributed by atoms with E-state index in [9.17, 15) is 0 Å². The van der Waals surface area contributed by atoms with E-state index >= 15 is 0 Å². The number of rotatable bonds is 6. The molecular formula is C14H16ClN3O. The molecule has 4 nitrogen and oxygen atoms in total. The Hall–Kier alpha value is -1.65. The normalized spacial score (nSPS) is 10.4. The fraction of sp³-hybridized carbons (Fsp3) is 0.286. The van der Waals surface area contributed by atoms with E-state index in [1.165, 1.54) is 0 Å². The van der Waals surface area contributed by atoms with E-state index in [4.69, 9.17) is 16.3 Å². The molecule has 0 aromatic carbocycles. The third kappa shape index (κ3) is 4.19. The van der Waals surface area contributed by atoms with Gasteiger partial charge in [0.1, 0.15) is 5.75 Å². The number of halogens is 1. The summed E-state index contributed by atoms with van der Waals surface area (Å²) in [5.41, 5.74) is 0.788. The molecule has 2 aromatic heterocycles. The molecule has 100 valence electrons. The number of aromatic nitrogens is 2. The third-order valence-electron chi connectivity index (χ3n) is 2.47. The molecule has 0 amide bonds. The summed E-state index contributed by atoms with van der Waals surface area (Å²) < 4.78 is 5.62. The molecule has 0 spiro atoms. The van der Waals surface area contributed by atoms with Crippen molar-refractivity contribution in [2.45, 2.75) is 19.9 Å². The minimum Gasteiger partial charge on any atom is -0.437 e. The molecule has 0 saturated heterocycles. The van der Waals surface area contributed by atoms with Gasteiger partial charge in [-0.15, -0.1) is 0 Å². The van der Waals surface area contributed by atoms with Crippen molar-refractivity contribution in [2.75, 3.05) is 6.54 Å². The van der Waals surface area contributed by atoms with Gasteiger partial charge in [-0.05, 0) is 31.2 Å². The highest BCUT2D eigenvalue weighted by Crippen LogP contribution is 2.22. The Morgan fingerprint density at radius 1 is 1.32 bits per heavy atom. The molecule has 0 saturated carbocycles. The summed E-state index contributed by atoms with van der Waals surface area (Å²) in [5, 5.41) is 3.91. The van der Waals surface area contributed by atoms with Crippen molar-refractivity contribution in [2.24, 2.45) is 0 Å². The van der Waals surface area contributed by atoms with Crippen LogP contribution in [0.4, 0.5) is 0 Å². The molecule has 2 heterocycles. The summed E-state index contributed by atoms with van der Waals surface area (Å²) in [6.07, 6.45) is 4.41. The molecule has 1 N–H and O–H groups in total. The van der Waals surface area contributed by atoms with E-state index in [2.05, 4.69) is 22.2 Å². The average molecular weight is 278 g/mol. The van der Waals surface area contributed by atoms with Gasteiger partial charge in [-0.2, -0.15) is 0 Å². The van der Waals surface area contributed by atoms with E-state index in [1.807, 2.05) is 12.1 Å². The number of ether oxygens (including phenoxy) is 1. The summed E-state index contributed by atoms with van der Waals surface area (Å²) in [6.45, 7) is 3.69. The van der Waals surface area contributed by atoms with Gasteiger partial charge in [-0.25, -0.2) is 4.98 Å². The fourth-order valence-corrected chi connectivity index (χ4v) is 1.73. The lowest BCUT2D eigenvalue weighted by molar-refractivity contribution is 0.457. The van der Waals surface area contributed by atoms with Crippen LogP contribution in [0.3, 0.4) is 0 Å². The lowest BCUT2D eigenvalue weighted by Crippen LogP contribution is -2.15. The average Bonchev–Trinajstić information content (AvgIpc) is 2.44. The SMILES string of the molecule is CCCNCc1nc(Oc2cccnc2)ccc1Cl. The molecule has 0 unspecified atom stereocenters. The van der Waals surface area contributed by atoms with Crippen molar-refractivity contribution in [3.8, 4) is 11.6 Å². The van der Waals surface area contributed by atoms with Gasteiger partial charge in [0.05, 0.1) is 16.9 Å². The minimum atomic E-state index is 0.519. The van der Waals surface area contributed by atoms with Crippen molar-refractivity contribution in [1.29, 1.82) is 0 Å². The molecule has 0 aliphatic heterocycles. The van der Waals surface area contributed by atoms with Gasteiger partial charge in [0.25, 0.3) is 0 Å². The Kier molecular flexibility index (Phi) is 5.12. The van der Waals surface area contributed by atoms with E-state index in [0.717, 1.165) is 18.7 Å². The molecule has 0 fully saturated rings. The number of nitrogens with one attached hydrogen (secondary N) is 1. The van der Waals surface area contributed by atoms with Crippen molar-refractivity contribution >= 4 is 11.6 Å². The van der Waals surface area contributed by atoms with Crippen molar-refractivity contribution in [1.82, 2.24) is 15.3 Å². The van der Waals surface area contributed by atoms with E-state index in [0.29, 0.717) is 23.2 Å². The summed E-state index contributed by atoms with van der Waals surface area (Å²) in [5.74, 6) is 1.18. The number of nitrogens with zero attached hydrogens (tertiary/aromatic N) is 2. The van der Waals surface area contributed by atoms with Crippen LogP contribution in [0, 0.1) is 0 Å². The van der Waals surface area contributed by atoms with Crippen LogP contribution in [0.15, 0.2) is 36.7 Å². The predicted octanol–water partition coefficient (Wildman–Crippen LogP) is 3.42. The lowest BCUT2D eigenvalue weighted by atomic mass is 10.3. The molecule has 5 heteroatoms. The molecule has 2 rings (SSSR count). The van der Waals surface area contributed by atoms with Gasteiger partial charge in [0, 0.05) is 18.8 Å². The number of hydrogen-bond acceptors (Lipinski definition) is 4. The van der Waals surface area contributed by atoms with Crippen molar-refractivity contribution in [3.63, 3.8) is 0 Å². The second-order valence-corrected chi connectivity index (χ2v) is 4.45. The van der Waals surface area contributed by atoms with Gasteiger partial charge in [0.15, 0.2) is 0 Å². The molecule has 19 heavy (non-hydrogen) atoms. The van der Waals surface area contributed by atoms with Crippen molar-refractivity contribution in [3.05, 3.63) is 47.4 Å². The monoisotopic (exact) mass is 277 g/mol. The number of pyridine rings is 2. The maximum Gasteiger partial charge on any atom is 0.219 e. The quantitative estimate of drug-likeness (QED) is 0.822. The van der Waals surface area contributed by atoms with Gasteiger partial charge in [-0.3, -0.25) is 4.98 Å². The Balaban J connectivity index is 2.07. The van der Waals surface area contributed by atoms with Gasteiger partial charge in [-0.1, -0.05) is 18.5 Å². The first kappa shape index (κ1) is 13.8. The summed E-state index contributed by atoms with van der Waals surface area (Å²) in [4.78, 5) is 8.39. The first-order valence-electron chi connectivity index (χ1n) is 6.23. The highest BCUT2D eigenvalue weighted by Gasteiger charge is 2.05. The first-order chi connectivity index (χ1) is 9.29. The molecular weight excluding hydrogens is 262 g/mol. The van der Waals surface area contributed by atoms with Crippen LogP contribution < -0.4 is 10.1 Å². The van der Waals surface area contributed by atoms with Gasteiger partial charge in [0.2, 0.25) is 5.88 Å².